The summed E-state index contributed by atoms with van der Waals surface area (Å²) >= 11 is 0. The first-order valence-electron chi connectivity index (χ1n) is 9.63. The highest BCUT2D eigenvalue weighted by molar-refractivity contribution is 5.77. The lowest BCUT2D eigenvalue weighted by atomic mass is 9.87. The molecule has 0 aliphatic carbocycles. The standard InChI is InChI=1S/C18H28N4O4/c1-14-19-16(26-20-14)12-22-7-9-25-18(10-17(22)23)3-5-21(6-4-18)11-15-2-8-24-13-15/h15H,2-13H2,1H3. The van der Waals surface area contributed by atoms with Crippen LogP contribution in [-0.4, -0.2) is 77.4 Å². The van der Waals surface area contributed by atoms with Crippen molar-refractivity contribution < 1.29 is 18.8 Å². The zero-order valence-electron chi connectivity index (χ0n) is 15.5. The number of piperidine rings is 1. The Bertz CT molecular complexity index is 620. The molecule has 8 nitrogen and oxygen atoms in total. The van der Waals surface area contributed by atoms with Crippen LogP contribution in [0.15, 0.2) is 4.52 Å². The lowest BCUT2D eigenvalue weighted by molar-refractivity contribution is -0.136. The highest BCUT2D eigenvalue weighted by Gasteiger charge is 2.41. The van der Waals surface area contributed by atoms with E-state index in [4.69, 9.17) is 14.0 Å². The van der Waals surface area contributed by atoms with Crippen molar-refractivity contribution in [2.24, 2.45) is 5.92 Å². The van der Waals surface area contributed by atoms with E-state index in [0.29, 0.717) is 43.8 Å². The van der Waals surface area contributed by atoms with Crippen LogP contribution in [0.2, 0.25) is 0 Å². The van der Waals surface area contributed by atoms with E-state index < -0.39 is 0 Å². The zero-order valence-corrected chi connectivity index (χ0v) is 15.5. The molecule has 3 aliphatic rings. The average Bonchev–Trinajstić information content (AvgIpc) is 3.25. The van der Waals surface area contributed by atoms with E-state index in [0.717, 1.165) is 45.7 Å². The molecule has 3 saturated heterocycles. The SMILES string of the molecule is Cc1noc(CN2CCOC3(CCN(CC4CCOC4)CC3)CC2=O)n1. The van der Waals surface area contributed by atoms with E-state index in [1.807, 2.05) is 0 Å². The molecule has 144 valence electrons. The topological polar surface area (TPSA) is 80.9 Å². The number of aromatic nitrogens is 2. The molecule has 0 radical (unpaired) electrons. The van der Waals surface area contributed by atoms with Gasteiger partial charge in [-0.05, 0) is 32.1 Å². The Balaban J connectivity index is 1.31. The number of carbonyl (C=O) groups excluding carboxylic acids is 1. The molecule has 26 heavy (non-hydrogen) atoms. The number of nitrogens with zero attached hydrogens (tertiary/aromatic N) is 4. The predicted molar refractivity (Wildman–Crippen MR) is 92.4 cm³/mol. The van der Waals surface area contributed by atoms with Crippen molar-refractivity contribution >= 4 is 5.91 Å². The second-order valence-electron chi connectivity index (χ2n) is 7.79. The van der Waals surface area contributed by atoms with E-state index in [1.165, 1.54) is 6.42 Å². The van der Waals surface area contributed by atoms with Gasteiger partial charge in [-0.25, -0.2) is 0 Å². The summed E-state index contributed by atoms with van der Waals surface area (Å²) in [5.74, 6) is 1.86. The van der Waals surface area contributed by atoms with Crippen molar-refractivity contribution in [1.29, 1.82) is 0 Å². The summed E-state index contributed by atoms with van der Waals surface area (Å²) in [5, 5.41) is 3.79. The summed E-state index contributed by atoms with van der Waals surface area (Å²) < 4.78 is 16.9. The van der Waals surface area contributed by atoms with Crippen molar-refractivity contribution in [2.75, 3.05) is 46.0 Å². The van der Waals surface area contributed by atoms with Gasteiger partial charge >= 0.3 is 0 Å². The number of rotatable bonds is 4. The largest absolute Gasteiger partial charge is 0.381 e. The van der Waals surface area contributed by atoms with Gasteiger partial charge in [0.05, 0.1) is 25.2 Å². The fraction of sp³-hybridized carbons (Fsp3) is 0.833. The van der Waals surface area contributed by atoms with Crippen LogP contribution in [0.4, 0.5) is 0 Å². The summed E-state index contributed by atoms with van der Waals surface area (Å²) in [6.45, 7) is 8.16. The van der Waals surface area contributed by atoms with Crippen LogP contribution in [0.3, 0.4) is 0 Å². The summed E-state index contributed by atoms with van der Waals surface area (Å²) in [7, 11) is 0. The number of ether oxygens (including phenoxy) is 2. The van der Waals surface area contributed by atoms with E-state index >= 15 is 0 Å². The molecular formula is C18H28N4O4. The molecular weight excluding hydrogens is 336 g/mol. The van der Waals surface area contributed by atoms with Crippen LogP contribution in [0.5, 0.6) is 0 Å². The molecule has 0 aromatic carbocycles. The Morgan fingerprint density at radius 2 is 2.08 bits per heavy atom. The maximum Gasteiger partial charge on any atom is 0.246 e. The molecule has 1 aromatic rings. The minimum Gasteiger partial charge on any atom is -0.381 e. The van der Waals surface area contributed by atoms with E-state index in [9.17, 15) is 4.79 Å². The Morgan fingerprint density at radius 1 is 1.23 bits per heavy atom. The van der Waals surface area contributed by atoms with Gasteiger partial charge in [-0.3, -0.25) is 4.79 Å². The maximum atomic E-state index is 12.8. The normalized spacial score (nSPS) is 27.2. The monoisotopic (exact) mass is 364 g/mol. The van der Waals surface area contributed by atoms with Crippen LogP contribution in [0.25, 0.3) is 0 Å². The lowest BCUT2D eigenvalue weighted by Gasteiger charge is -2.41. The Hall–Kier alpha value is -1.51. The Labute approximate surface area is 153 Å². The Morgan fingerprint density at radius 3 is 2.77 bits per heavy atom. The number of hydrogen-bond acceptors (Lipinski definition) is 7. The van der Waals surface area contributed by atoms with Gasteiger partial charge in [-0.1, -0.05) is 5.16 Å². The first kappa shape index (κ1) is 17.9. The third-order valence-electron chi connectivity index (χ3n) is 5.80. The van der Waals surface area contributed by atoms with Gasteiger partial charge in [-0.2, -0.15) is 4.98 Å². The minimum absolute atomic E-state index is 0.121. The molecule has 8 heteroatoms. The molecule has 1 unspecified atom stereocenters. The number of likely N-dealkylation sites (tertiary alicyclic amines) is 1. The first-order chi connectivity index (χ1) is 12.6. The van der Waals surface area contributed by atoms with Crippen molar-refractivity contribution in [3.05, 3.63) is 11.7 Å². The van der Waals surface area contributed by atoms with Gasteiger partial charge in [0.2, 0.25) is 11.8 Å². The molecule has 0 N–H and O–H groups in total. The summed E-state index contributed by atoms with van der Waals surface area (Å²) in [6, 6.07) is 0. The number of amides is 1. The highest BCUT2D eigenvalue weighted by atomic mass is 16.5. The highest BCUT2D eigenvalue weighted by Crippen LogP contribution is 2.33. The molecule has 3 fully saturated rings. The van der Waals surface area contributed by atoms with Crippen LogP contribution in [0, 0.1) is 12.8 Å². The van der Waals surface area contributed by atoms with Gasteiger partial charge < -0.3 is 23.8 Å². The smallest absolute Gasteiger partial charge is 0.246 e. The molecule has 1 atom stereocenters. The third kappa shape index (κ3) is 4.07. The summed E-state index contributed by atoms with van der Waals surface area (Å²) in [4.78, 5) is 21.3. The first-order valence-corrected chi connectivity index (χ1v) is 9.63. The average molecular weight is 364 g/mol. The van der Waals surface area contributed by atoms with Crippen molar-refractivity contribution in [1.82, 2.24) is 19.9 Å². The maximum absolute atomic E-state index is 12.8. The second kappa shape index (κ2) is 7.62. The quantitative estimate of drug-likeness (QED) is 0.788. The molecule has 0 bridgehead atoms. The van der Waals surface area contributed by atoms with E-state index in [-0.39, 0.29) is 11.5 Å². The van der Waals surface area contributed by atoms with E-state index in [2.05, 4.69) is 15.0 Å². The molecule has 1 amide bonds. The van der Waals surface area contributed by atoms with Crippen LogP contribution < -0.4 is 0 Å². The van der Waals surface area contributed by atoms with E-state index in [1.54, 1.807) is 11.8 Å². The molecule has 1 spiro atoms. The minimum atomic E-state index is -0.306. The van der Waals surface area contributed by atoms with Crippen LogP contribution in [0.1, 0.15) is 37.4 Å². The predicted octanol–water partition coefficient (Wildman–Crippen LogP) is 0.998. The third-order valence-corrected chi connectivity index (χ3v) is 5.80. The lowest BCUT2D eigenvalue weighted by Crippen LogP contribution is -2.48. The number of aryl methyl sites for hydroxylation is 1. The molecule has 3 aliphatic heterocycles. The zero-order chi connectivity index (χ0) is 18.0. The van der Waals surface area contributed by atoms with Crippen molar-refractivity contribution in [3.63, 3.8) is 0 Å². The second-order valence-corrected chi connectivity index (χ2v) is 7.79. The fourth-order valence-electron chi connectivity index (χ4n) is 4.23. The van der Waals surface area contributed by atoms with Gasteiger partial charge in [0, 0.05) is 32.8 Å². The van der Waals surface area contributed by atoms with Crippen LogP contribution >= 0.6 is 0 Å². The van der Waals surface area contributed by atoms with Crippen LogP contribution in [-0.2, 0) is 20.8 Å². The van der Waals surface area contributed by atoms with Gasteiger partial charge in [0.15, 0.2) is 5.82 Å². The van der Waals surface area contributed by atoms with Gasteiger partial charge in [-0.15, -0.1) is 0 Å². The van der Waals surface area contributed by atoms with Crippen molar-refractivity contribution in [3.8, 4) is 0 Å². The molecule has 4 heterocycles. The van der Waals surface area contributed by atoms with Gasteiger partial charge in [0.25, 0.3) is 0 Å². The van der Waals surface area contributed by atoms with Gasteiger partial charge in [0.1, 0.15) is 6.54 Å². The number of hydrogen-bond donors (Lipinski definition) is 0. The Kier molecular flexibility index (Phi) is 5.24. The summed E-state index contributed by atoms with van der Waals surface area (Å²) in [5.41, 5.74) is -0.306. The molecule has 4 rings (SSSR count). The summed E-state index contributed by atoms with van der Waals surface area (Å²) in [6.07, 6.45) is 3.45. The number of carbonyl (C=O) groups is 1. The van der Waals surface area contributed by atoms with Crippen molar-refractivity contribution in [2.45, 2.75) is 44.8 Å². The molecule has 0 saturated carbocycles. The fourth-order valence-corrected chi connectivity index (χ4v) is 4.23. The molecule has 1 aromatic heterocycles.